The van der Waals surface area contributed by atoms with Crippen LogP contribution in [-0.4, -0.2) is 33.8 Å². The van der Waals surface area contributed by atoms with E-state index in [1.807, 2.05) is 12.1 Å². The first kappa shape index (κ1) is 17.6. The van der Waals surface area contributed by atoms with E-state index in [4.69, 9.17) is 14.2 Å². The Balaban J connectivity index is 2.04. The van der Waals surface area contributed by atoms with Crippen LogP contribution in [0.3, 0.4) is 0 Å². The molecule has 0 aromatic heterocycles. The molecule has 2 rings (SSSR count). The van der Waals surface area contributed by atoms with Gasteiger partial charge in [0.15, 0.2) is 11.5 Å². The standard InChI is InChI=1S/C18H20FNO4/c1-22-15-10-12(11-16(23-2)17(15)24-3)8-9-20-18(21)13-6-4-5-7-14(13)19/h4-7,10-11H,8-9H2,1-3H3,(H,20,21). The minimum atomic E-state index is -0.539. The molecule has 0 heterocycles. The minimum Gasteiger partial charge on any atom is -0.493 e. The quantitative estimate of drug-likeness (QED) is 0.846. The zero-order chi connectivity index (χ0) is 17.5. The monoisotopic (exact) mass is 333 g/mol. The molecular formula is C18H20FNO4. The molecule has 0 radical (unpaired) electrons. The fraction of sp³-hybridized carbons (Fsp3) is 0.278. The van der Waals surface area contributed by atoms with E-state index in [2.05, 4.69) is 5.32 Å². The molecule has 0 saturated carbocycles. The molecule has 1 N–H and O–H groups in total. The molecule has 24 heavy (non-hydrogen) atoms. The molecular weight excluding hydrogens is 313 g/mol. The third-order valence-corrected chi connectivity index (χ3v) is 3.54. The fourth-order valence-corrected chi connectivity index (χ4v) is 2.34. The van der Waals surface area contributed by atoms with Crippen LogP contribution in [0.1, 0.15) is 15.9 Å². The fourth-order valence-electron chi connectivity index (χ4n) is 2.34. The molecule has 0 fully saturated rings. The second-order valence-corrected chi connectivity index (χ2v) is 5.02. The Morgan fingerprint density at radius 2 is 1.67 bits per heavy atom. The van der Waals surface area contributed by atoms with Crippen molar-refractivity contribution < 1.29 is 23.4 Å². The first-order valence-corrected chi connectivity index (χ1v) is 7.42. The molecule has 0 saturated heterocycles. The largest absolute Gasteiger partial charge is 0.493 e. The molecule has 2 aromatic rings. The third-order valence-electron chi connectivity index (χ3n) is 3.54. The Bertz CT molecular complexity index is 693. The number of ether oxygens (including phenoxy) is 3. The SMILES string of the molecule is COc1cc(CCNC(=O)c2ccccc2F)cc(OC)c1OC. The third kappa shape index (κ3) is 3.95. The van der Waals surface area contributed by atoms with Gasteiger partial charge < -0.3 is 19.5 Å². The van der Waals surface area contributed by atoms with E-state index in [9.17, 15) is 9.18 Å². The lowest BCUT2D eigenvalue weighted by molar-refractivity contribution is 0.0950. The van der Waals surface area contributed by atoms with Gasteiger partial charge in [0, 0.05) is 6.54 Å². The number of hydrogen-bond acceptors (Lipinski definition) is 4. The van der Waals surface area contributed by atoms with Crippen molar-refractivity contribution in [2.45, 2.75) is 6.42 Å². The molecule has 1 amide bonds. The molecule has 0 aliphatic carbocycles. The van der Waals surface area contributed by atoms with Crippen LogP contribution >= 0.6 is 0 Å². The maximum atomic E-state index is 13.6. The highest BCUT2D eigenvalue weighted by atomic mass is 19.1. The number of halogens is 1. The first-order chi connectivity index (χ1) is 11.6. The molecule has 0 bridgehead atoms. The van der Waals surface area contributed by atoms with Crippen molar-refractivity contribution in [2.24, 2.45) is 0 Å². The summed E-state index contributed by atoms with van der Waals surface area (Å²) in [7, 11) is 4.62. The number of hydrogen-bond donors (Lipinski definition) is 1. The van der Waals surface area contributed by atoms with Crippen LogP contribution < -0.4 is 19.5 Å². The van der Waals surface area contributed by atoms with Gasteiger partial charge in [-0.15, -0.1) is 0 Å². The van der Waals surface area contributed by atoms with Gasteiger partial charge in [0.05, 0.1) is 26.9 Å². The van der Waals surface area contributed by atoms with E-state index in [-0.39, 0.29) is 5.56 Å². The predicted octanol–water partition coefficient (Wildman–Crippen LogP) is 2.82. The molecule has 0 aliphatic heterocycles. The Hall–Kier alpha value is -2.76. The van der Waals surface area contributed by atoms with Gasteiger partial charge in [-0.3, -0.25) is 4.79 Å². The van der Waals surface area contributed by atoms with Crippen LogP contribution in [0.4, 0.5) is 4.39 Å². The van der Waals surface area contributed by atoms with Crippen molar-refractivity contribution in [3.05, 3.63) is 53.3 Å². The average molecular weight is 333 g/mol. The van der Waals surface area contributed by atoms with Crippen molar-refractivity contribution in [3.8, 4) is 17.2 Å². The van der Waals surface area contributed by atoms with Gasteiger partial charge in [-0.2, -0.15) is 0 Å². The Labute approximate surface area is 140 Å². The second kappa shape index (κ2) is 8.19. The second-order valence-electron chi connectivity index (χ2n) is 5.02. The Morgan fingerprint density at radius 3 is 2.21 bits per heavy atom. The van der Waals surface area contributed by atoms with Crippen molar-refractivity contribution in [2.75, 3.05) is 27.9 Å². The normalized spacial score (nSPS) is 10.2. The number of rotatable bonds is 7. The van der Waals surface area contributed by atoms with E-state index in [1.54, 1.807) is 26.4 Å². The molecule has 0 spiro atoms. The lowest BCUT2D eigenvalue weighted by atomic mass is 10.1. The van der Waals surface area contributed by atoms with Gasteiger partial charge in [-0.1, -0.05) is 12.1 Å². The molecule has 0 unspecified atom stereocenters. The average Bonchev–Trinajstić information content (AvgIpc) is 2.60. The van der Waals surface area contributed by atoms with Gasteiger partial charge in [0.25, 0.3) is 5.91 Å². The number of benzene rings is 2. The van der Waals surface area contributed by atoms with Gasteiger partial charge in [0.1, 0.15) is 5.82 Å². The highest BCUT2D eigenvalue weighted by Gasteiger charge is 2.14. The summed E-state index contributed by atoms with van der Waals surface area (Å²) in [6.45, 7) is 0.353. The summed E-state index contributed by atoms with van der Waals surface area (Å²) in [5.41, 5.74) is 0.931. The zero-order valence-electron chi connectivity index (χ0n) is 13.9. The topological polar surface area (TPSA) is 56.8 Å². The van der Waals surface area contributed by atoms with Crippen LogP contribution in [0.15, 0.2) is 36.4 Å². The van der Waals surface area contributed by atoms with E-state index in [1.165, 1.54) is 19.2 Å². The molecule has 0 atom stereocenters. The maximum absolute atomic E-state index is 13.6. The molecule has 128 valence electrons. The number of carbonyl (C=O) groups excluding carboxylic acids is 1. The summed E-state index contributed by atoms with van der Waals surface area (Å²) in [6, 6.07) is 9.50. The van der Waals surface area contributed by atoms with Crippen molar-refractivity contribution in [3.63, 3.8) is 0 Å². The first-order valence-electron chi connectivity index (χ1n) is 7.42. The van der Waals surface area contributed by atoms with Gasteiger partial charge >= 0.3 is 0 Å². The molecule has 2 aromatic carbocycles. The molecule has 0 aliphatic rings. The predicted molar refractivity (Wildman–Crippen MR) is 88.5 cm³/mol. The van der Waals surface area contributed by atoms with E-state index >= 15 is 0 Å². The summed E-state index contributed by atoms with van der Waals surface area (Å²) in [5.74, 6) is 0.627. The van der Waals surface area contributed by atoms with Gasteiger partial charge in [-0.05, 0) is 36.2 Å². The van der Waals surface area contributed by atoms with Crippen LogP contribution in [0.25, 0.3) is 0 Å². The summed E-state index contributed by atoms with van der Waals surface area (Å²) >= 11 is 0. The highest BCUT2D eigenvalue weighted by molar-refractivity contribution is 5.94. The Kier molecular flexibility index (Phi) is 6.01. The summed E-state index contributed by atoms with van der Waals surface area (Å²) in [4.78, 5) is 12.0. The van der Waals surface area contributed by atoms with E-state index in [0.29, 0.717) is 30.2 Å². The van der Waals surface area contributed by atoms with E-state index < -0.39 is 11.7 Å². The van der Waals surface area contributed by atoms with Crippen molar-refractivity contribution in [1.29, 1.82) is 0 Å². The van der Waals surface area contributed by atoms with Crippen molar-refractivity contribution >= 4 is 5.91 Å². The van der Waals surface area contributed by atoms with Gasteiger partial charge in [0.2, 0.25) is 5.75 Å². The zero-order valence-corrected chi connectivity index (χ0v) is 13.9. The van der Waals surface area contributed by atoms with Crippen LogP contribution in [0.2, 0.25) is 0 Å². The van der Waals surface area contributed by atoms with Crippen LogP contribution in [-0.2, 0) is 6.42 Å². The number of methoxy groups -OCH3 is 3. The summed E-state index contributed by atoms with van der Waals surface area (Å²) < 4.78 is 29.4. The van der Waals surface area contributed by atoms with Crippen LogP contribution in [0, 0.1) is 5.82 Å². The lowest BCUT2D eigenvalue weighted by Gasteiger charge is -2.14. The van der Waals surface area contributed by atoms with E-state index in [0.717, 1.165) is 5.56 Å². The van der Waals surface area contributed by atoms with Gasteiger partial charge in [-0.25, -0.2) is 4.39 Å². The van der Waals surface area contributed by atoms with Crippen molar-refractivity contribution in [1.82, 2.24) is 5.32 Å². The lowest BCUT2D eigenvalue weighted by Crippen LogP contribution is -2.26. The molecule has 6 heteroatoms. The number of amides is 1. The summed E-state index contributed by atoms with van der Waals surface area (Å²) in [5, 5.41) is 2.70. The minimum absolute atomic E-state index is 0.0300. The summed E-state index contributed by atoms with van der Waals surface area (Å²) in [6.07, 6.45) is 0.539. The Morgan fingerprint density at radius 1 is 1.04 bits per heavy atom. The highest BCUT2D eigenvalue weighted by Crippen LogP contribution is 2.38. The van der Waals surface area contributed by atoms with Crippen LogP contribution in [0.5, 0.6) is 17.2 Å². The smallest absolute Gasteiger partial charge is 0.254 e. The number of nitrogens with one attached hydrogen (secondary N) is 1. The molecule has 5 nitrogen and oxygen atoms in total. The maximum Gasteiger partial charge on any atom is 0.254 e. The number of carbonyl (C=O) groups is 1.